The molecule has 0 unspecified atom stereocenters. The van der Waals surface area contributed by atoms with Gasteiger partial charge in [0, 0.05) is 30.2 Å². The van der Waals surface area contributed by atoms with E-state index in [9.17, 15) is 9.59 Å². The van der Waals surface area contributed by atoms with Crippen molar-refractivity contribution < 1.29 is 9.59 Å². The Kier molecular flexibility index (Phi) is 6.21. The molecule has 0 fully saturated rings. The van der Waals surface area contributed by atoms with E-state index in [1.54, 1.807) is 43.0 Å². The molecule has 1 N–H and O–H groups in total. The number of carbonyl (C=O) groups is 2. The monoisotopic (exact) mass is 310 g/mol. The number of benzene rings is 1. The van der Waals surface area contributed by atoms with Crippen molar-refractivity contribution in [1.29, 1.82) is 0 Å². The van der Waals surface area contributed by atoms with E-state index in [1.807, 2.05) is 13.8 Å². The zero-order valence-electron chi connectivity index (χ0n) is 13.1. The third-order valence-corrected chi connectivity index (χ3v) is 4.06. The van der Waals surface area contributed by atoms with Crippen LogP contribution >= 0.6 is 11.6 Å². The van der Waals surface area contributed by atoms with Crippen LogP contribution in [0, 0.1) is 5.41 Å². The molecular formula is C16H23ClN2O2. The van der Waals surface area contributed by atoms with Crippen LogP contribution in [0.3, 0.4) is 0 Å². The third kappa shape index (κ3) is 4.46. The fraction of sp³-hybridized carbons (Fsp3) is 0.500. The molecule has 21 heavy (non-hydrogen) atoms. The number of amides is 2. The average molecular weight is 311 g/mol. The molecule has 1 aromatic rings. The van der Waals surface area contributed by atoms with Gasteiger partial charge in [-0.2, -0.15) is 0 Å². The highest BCUT2D eigenvalue weighted by Gasteiger charge is 2.26. The van der Waals surface area contributed by atoms with Crippen molar-refractivity contribution in [3.05, 3.63) is 29.8 Å². The maximum atomic E-state index is 12.2. The summed E-state index contributed by atoms with van der Waals surface area (Å²) < 4.78 is 0. The lowest BCUT2D eigenvalue weighted by molar-refractivity contribution is -0.122. The molecular weight excluding hydrogens is 288 g/mol. The Morgan fingerprint density at radius 1 is 1.14 bits per heavy atom. The number of hydrogen-bond acceptors (Lipinski definition) is 2. The molecule has 0 saturated carbocycles. The molecule has 0 aliphatic heterocycles. The number of alkyl halides is 1. The molecule has 2 amide bonds. The average Bonchev–Trinajstić information content (AvgIpc) is 2.49. The van der Waals surface area contributed by atoms with Crippen LogP contribution in [0.1, 0.15) is 38.1 Å². The number of nitrogens with one attached hydrogen (secondary N) is 1. The smallest absolute Gasteiger partial charge is 0.253 e. The Morgan fingerprint density at radius 2 is 1.67 bits per heavy atom. The second-order valence-electron chi connectivity index (χ2n) is 5.53. The Bertz CT molecular complexity index is 494. The Hall–Kier alpha value is -1.55. The second-order valence-corrected chi connectivity index (χ2v) is 5.79. The van der Waals surface area contributed by atoms with Gasteiger partial charge in [-0.25, -0.2) is 0 Å². The Labute approximate surface area is 131 Å². The first-order valence-electron chi connectivity index (χ1n) is 7.12. The van der Waals surface area contributed by atoms with Gasteiger partial charge in [-0.15, -0.1) is 11.6 Å². The van der Waals surface area contributed by atoms with E-state index >= 15 is 0 Å². The van der Waals surface area contributed by atoms with Gasteiger partial charge < -0.3 is 10.2 Å². The van der Waals surface area contributed by atoms with Crippen LogP contribution in [-0.4, -0.2) is 35.7 Å². The molecule has 0 saturated heterocycles. The number of rotatable bonds is 6. The highest BCUT2D eigenvalue weighted by molar-refractivity contribution is 6.20. The predicted molar refractivity (Wildman–Crippen MR) is 86.8 cm³/mol. The van der Waals surface area contributed by atoms with Crippen LogP contribution in [0.5, 0.6) is 0 Å². The normalized spacial score (nSPS) is 11.1. The summed E-state index contributed by atoms with van der Waals surface area (Å²) in [6, 6.07) is 6.92. The topological polar surface area (TPSA) is 49.4 Å². The van der Waals surface area contributed by atoms with E-state index in [4.69, 9.17) is 11.6 Å². The quantitative estimate of drug-likeness (QED) is 0.819. The summed E-state index contributed by atoms with van der Waals surface area (Å²) in [5, 5.41) is 2.81. The Balaban J connectivity index is 2.79. The van der Waals surface area contributed by atoms with Gasteiger partial charge in [0.25, 0.3) is 5.91 Å². The van der Waals surface area contributed by atoms with Crippen molar-refractivity contribution in [2.45, 2.75) is 27.7 Å². The number of nitrogens with zero attached hydrogens (tertiary/aromatic N) is 1. The van der Waals surface area contributed by atoms with Crippen LogP contribution in [0.4, 0.5) is 5.69 Å². The van der Waals surface area contributed by atoms with E-state index in [2.05, 4.69) is 5.32 Å². The van der Waals surface area contributed by atoms with Crippen molar-refractivity contribution in [1.82, 2.24) is 4.90 Å². The van der Waals surface area contributed by atoms with Crippen LogP contribution in [0.15, 0.2) is 24.3 Å². The molecule has 1 aromatic carbocycles. The van der Waals surface area contributed by atoms with Crippen molar-refractivity contribution in [2.24, 2.45) is 5.41 Å². The summed E-state index contributed by atoms with van der Waals surface area (Å²) in [5.41, 5.74) is 0.652. The maximum Gasteiger partial charge on any atom is 0.253 e. The lowest BCUT2D eigenvalue weighted by Gasteiger charge is -2.21. The zero-order chi connectivity index (χ0) is 16.0. The molecule has 0 aromatic heterocycles. The molecule has 0 aliphatic carbocycles. The lowest BCUT2D eigenvalue weighted by atomic mass is 9.95. The standard InChI is InChI=1S/C16H23ClN2O2/c1-5-19(6-2)14(20)12-7-9-13(10-8-12)18-15(21)16(3,4)11-17/h7-10H,5-6,11H2,1-4H3,(H,18,21). The number of hydrogen-bond donors (Lipinski definition) is 1. The number of carbonyl (C=O) groups excluding carboxylic acids is 2. The summed E-state index contributed by atoms with van der Waals surface area (Å²) in [7, 11) is 0. The molecule has 1 rings (SSSR count). The minimum absolute atomic E-state index is 0.000959. The molecule has 0 bridgehead atoms. The molecule has 5 heteroatoms. The van der Waals surface area contributed by atoms with Crippen molar-refractivity contribution >= 4 is 29.1 Å². The first kappa shape index (κ1) is 17.5. The highest BCUT2D eigenvalue weighted by Crippen LogP contribution is 2.20. The van der Waals surface area contributed by atoms with Gasteiger partial charge in [0.1, 0.15) is 0 Å². The minimum atomic E-state index is -0.628. The van der Waals surface area contributed by atoms with E-state index in [-0.39, 0.29) is 17.7 Å². The zero-order valence-corrected chi connectivity index (χ0v) is 13.8. The van der Waals surface area contributed by atoms with Crippen molar-refractivity contribution in [3.63, 3.8) is 0 Å². The number of halogens is 1. The van der Waals surface area contributed by atoms with E-state index < -0.39 is 5.41 Å². The summed E-state index contributed by atoms with van der Waals surface area (Å²) >= 11 is 5.78. The summed E-state index contributed by atoms with van der Waals surface area (Å²) in [5.74, 6) is 0.108. The van der Waals surface area contributed by atoms with Gasteiger partial charge in [0.2, 0.25) is 5.91 Å². The van der Waals surface area contributed by atoms with Gasteiger partial charge in [0.15, 0.2) is 0 Å². The van der Waals surface area contributed by atoms with Crippen LogP contribution < -0.4 is 5.32 Å². The van der Waals surface area contributed by atoms with Crippen LogP contribution in [-0.2, 0) is 4.79 Å². The van der Waals surface area contributed by atoms with E-state index in [1.165, 1.54) is 0 Å². The van der Waals surface area contributed by atoms with Gasteiger partial charge in [0.05, 0.1) is 5.41 Å². The van der Waals surface area contributed by atoms with Crippen LogP contribution in [0.25, 0.3) is 0 Å². The third-order valence-electron chi connectivity index (χ3n) is 3.39. The van der Waals surface area contributed by atoms with Crippen molar-refractivity contribution in [2.75, 3.05) is 24.3 Å². The molecule has 0 radical (unpaired) electrons. The summed E-state index contributed by atoms with van der Waals surface area (Å²) in [6.45, 7) is 8.82. The lowest BCUT2D eigenvalue weighted by Crippen LogP contribution is -2.32. The first-order valence-corrected chi connectivity index (χ1v) is 7.66. The molecule has 4 nitrogen and oxygen atoms in total. The van der Waals surface area contributed by atoms with Gasteiger partial charge in [-0.3, -0.25) is 9.59 Å². The molecule has 0 heterocycles. The Morgan fingerprint density at radius 3 is 2.10 bits per heavy atom. The van der Waals surface area contributed by atoms with Gasteiger partial charge in [-0.05, 0) is 52.0 Å². The van der Waals surface area contributed by atoms with Crippen molar-refractivity contribution in [3.8, 4) is 0 Å². The summed E-state index contributed by atoms with van der Waals surface area (Å²) in [6.07, 6.45) is 0. The van der Waals surface area contributed by atoms with E-state index in [0.717, 1.165) is 0 Å². The predicted octanol–water partition coefficient (Wildman–Crippen LogP) is 3.37. The fourth-order valence-electron chi connectivity index (χ4n) is 1.75. The second kappa shape index (κ2) is 7.46. The van der Waals surface area contributed by atoms with Crippen LogP contribution in [0.2, 0.25) is 0 Å². The first-order chi connectivity index (χ1) is 9.85. The summed E-state index contributed by atoms with van der Waals surface area (Å²) in [4.78, 5) is 25.9. The highest BCUT2D eigenvalue weighted by atomic mass is 35.5. The molecule has 0 atom stereocenters. The SMILES string of the molecule is CCN(CC)C(=O)c1ccc(NC(=O)C(C)(C)CCl)cc1. The van der Waals surface area contributed by atoms with Gasteiger partial charge >= 0.3 is 0 Å². The largest absolute Gasteiger partial charge is 0.339 e. The fourth-order valence-corrected chi connectivity index (χ4v) is 1.87. The number of anilines is 1. The van der Waals surface area contributed by atoms with E-state index in [0.29, 0.717) is 24.3 Å². The maximum absolute atomic E-state index is 12.2. The van der Waals surface area contributed by atoms with Gasteiger partial charge in [-0.1, -0.05) is 0 Å². The molecule has 0 aliphatic rings. The molecule has 0 spiro atoms. The molecule has 116 valence electrons. The minimum Gasteiger partial charge on any atom is -0.339 e.